The van der Waals surface area contributed by atoms with Crippen molar-refractivity contribution in [3.8, 4) is 11.5 Å². The Kier molecular flexibility index (Phi) is 5.40. The summed E-state index contributed by atoms with van der Waals surface area (Å²) in [6.45, 7) is 0.793. The number of anilines is 1. The normalized spacial score (nSPS) is 13.1. The number of nitrogens with zero attached hydrogens (tertiary/aromatic N) is 2. The number of methoxy groups -OCH3 is 2. The lowest BCUT2D eigenvalue weighted by Crippen LogP contribution is -2.21. The van der Waals surface area contributed by atoms with Crippen molar-refractivity contribution in [2.24, 2.45) is 0 Å². The maximum absolute atomic E-state index is 12.8. The third-order valence-corrected chi connectivity index (χ3v) is 4.68. The number of Topliss-reactive ketones (excluding diaryl/α,β-unsaturated/α-hetero) is 1. The molecule has 1 N–H and O–H groups in total. The number of ether oxygens (including phenoxy) is 3. The molecule has 0 saturated heterocycles. The highest BCUT2D eigenvalue weighted by Gasteiger charge is 2.26. The molecule has 30 heavy (non-hydrogen) atoms. The number of nitrogens with one attached hydrogen (secondary N) is 1. The van der Waals surface area contributed by atoms with E-state index in [-0.39, 0.29) is 17.3 Å². The van der Waals surface area contributed by atoms with Crippen molar-refractivity contribution in [3.63, 3.8) is 0 Å². The molecule has 0 amide bonds. The van der Waals surface area contributed by atoms with Gasteiger partial charge in [0.25, 0.3) is 0 Å². The molecule has 0 radical (unpaired) electrons. The van der Waals surface area contributed by atoms with Crippen molar-refractivity contribution in [3.05, 3.63) is 65.6 Å². The van der Waals surface area contributed by atoms with Gasteiger partial charge >= 0.3 is 0 Å². The van der Waals surface area contributed by atoms with Gasteiger partial charge in [-0.2, -0.15) is 0 Å². The first-order valence-corrected chi connectivity index (χ1v) is 9.23. The summed E-state index contributed by atoms with van der Waals surface area (Å²) in [6.07, 6.45) is 2.66. The number of rotatable bonds is 7. The highest BCUT2D eigenvalue weighted by molar-refractivity contribution is 6.25. The first-order chi connectivity index (χ1) is 14.6. The second-order valence-corrected chi connectivity index (χ2v) is 6.51. The van der Waals surface area contributed by atoms with Crippen LogP contribution in [0.25, 0.3) is 10.9 Å². The third kappa shape index (κ3) is 3.60. The Morgan fingerprint density at radius 2 is 1.77 bits per heavy atom. The van der Waals surface area contributed by atoms with Crippen molar-refractivity contribution in [2.45, 2.75) is 0 Å². The van der Waals surface area contributed by atoms with E-state index in [4.69, 9.17) is 14.2 Å². The van der Waals surface area contributed by atoms with Crippen LogP contribution in [0.2, 0.25) is 0 Å². The lowest BCUT2D eigenvalue weighted by Gasteiger charge is -2.17. The molecule has 0 atom stereocenters. The van der Waals surface area contributed by atoms with Gasteiger partial charge in [0.1, 0.15) is 18.8 Å². The van der Waals surface area contributed by atoms with E-state index in [1.54, 1.807) is 43.5 Å². The summed E-state index contributed by atoms with van der Waals surface area (Å²) in [4.78, 5) is 33.8. The molecule has 0 unspecified atom stereocenters. The van der Waals surface area contributed by atoms with E-state index in [0.29, 0.717) is 52.6 Å². The first kappa shape index (κ1) is 19.5. The molecule has 1 aliphatic rings. The molecule has 0 aliphatic heterocycles. The van der Waals surface area contributed by atoms with E-state index in [2.05, 4.69) is 15.3 Å². The summed E-state index contributed by atoms with van der Waals surface area (Å²) >= 11 is 0. The minimum absolute atomic E-state index is 0.151. The van der Waals surface area contributed by atoms with Crippen LogP contribution < -0.4 is 14.8 Å². The van der Waals surface area contributed by atoms with Crippen molar-refractivity contribution < 1.29 is 23.8 Å². The highest BCUT2D eigenvalue weighted by atomic mass is 16.5. The van der Waals surface area contributed by atoms with Gasteiger partial charge in [0.05, 0.1) is 24.9 Å². The van der Waals surface area contributed by atoms with Crippen LogP contribution in [0.5, 0.6) is 11.5 Å². The van der Waals surface area contributed by atoms with Crippen LogP contribution in [0.15, 0.2) is 54.5 Å². The fourth-order valence-electron chi connectivity index (χ4n) is 3.21. The van der Waals surface area contributed by atoms with Gasteiger partial charge in [-0.25, -0.2) is 9.97 Å². The molecular formula is C22H19N3O5. The zero-order valence-electron chi connectivity index (χ0n) is 16.5. The summed E-state index contributed by atoms with van der Waals surface area (Å²) in [5.41, 5.74) is 1.49. The zero-order valence-corrected chi connectivity index (χ0v) is 16.5. The molecule has 1 aliphatic carbocycles. The Hall–Kier alpha value is -3.78. The Morgan fingerprint density at radius 1 is 0.967 bits per heavy atom. The quantitative estimate of drug-likeness (QED) is 0.599. The average Bonchev–Trinajstić information content (AvgIpc) is 2.77. The van der Waals surface area contributed by atoms with Gasteiger partial charge in [0.15, 0.2) is 17.3 Å². The summed E-state index contributed by atoms with van der Waals surface area (Å²) < 4.78 is 16.1. The molecular weight excluding hydrogens is 386 g/mol. The molecule has 3 aromatic rings. The third-order valence-electron chi connectivity index (χ3n) is 4.68. The lowest BCUT2D eigenvalue weighted by molar-refractivity contribution is 0.0985. The molecule has 152 valence electrons. The standard InChI is InChI=1S/C22H19N3O5/c1-28-7-8-30-20-11-16-15(9-19(20)29-2)22(24-12-23-16)25-17-10-18(26)13-5-3-4-6-14(13)21(17)27/h3-6,9-12H,7-8H2,1-2H3,(H,23,24,25). The maximum atomic E-state index is 12.8. The maximum Gasteiger partial charge on any atom is 0.210 e. The van der Waals surface area contributed by atoms with Crippen molar-refractivity contribution in [1.82, 2.24) is 9.97 Å². The number of benzene rings is 2. The number of hydrogen-bond donors (Lipinski definition) is 1. The van der Waals surface area contributed by atoms with E-state index in [9.17, 15) is 9.59 Å². The second kappa shape index (κ2) is 8.30. The fraction of sp³-hybridized carbons (Fsp3) is 0.182. The summed E-state index contributed by atoms with van der Waals surface area (Å²) in [6, 6.07) is 10.2. The Balaban J connectivity index is 1.70. The van der Waals surface area contributed by atoms with Crippen molar-refractivity contribution >= 4 is 28.3 Å². The van der Waals surface area contributed by atoms with Crippen LogP contribution in [0.1, 0.15) is 20.7 Å². The molecule has 1 aromatic heterocycles. The van der Waals surface area contributed by atoms with E-state index in [1.165, 1.54) is 19.5 Å². The van der Waals surface area contributed by atoms with Crippen LogP contribution in [0.4, 0.5) is 5.82 Å². The second-order valence-electron chi connectivity index (χ2n) is 6.51. The Morgan fingerprint density at radius 3 is 2.53 bits per heavy atom. The van der Waals surface area contributed by atoms with E-state index in [0.717, 1.165) is 0 Å². The predicted molar refractivity (Wildman–Crippen MR) is 110 cm³/mol. The number of carbonyl (C=O) groups is 2. The number of allylic oxidation sites excluding steroid dienone is 2. The minimum Gasteiger partial charge on any atom is -0.493 e. The topological polar surface area (TPSA) is 99.6 Å². The molecule has 0 bridgehead atoms. The van der Waals surface area contributed by atoms with Crippen LogP contribution in [0, 0.1) is 0 Å². The van der Waals surface area contributed by atoms with Gasteiger partial charge in [0.2, 0.25) is 5.78 Å². The lowest BCUT2D eigenvalue weighted by atomic mass is 9.93. The zero-order chi connectivity index (χ0) is 21.1. The summed E-state index contributed by atoms with van der Waals surface area (Å²) in [5, 5.41) is 3.61. The SMILES string of the molecule is COCCOc1cc2ncnc(NC3=CC(=O)c4ccccc4C3=O)c2cc1OC. The van der Waals surface area contributed by atoms with Gasteiger partial charge < -0.3 is 19.5 Å². The van der Waals surface area contributed by atoms with Crippen molar-refractivity contribution in [2.75, 3.05) is 32.8 Å². The van der Waals surface area contributed by atoms with Crippen molar-refractivity contribution in [1.29, 1.82) is 0 Å². The van der Waals surface area contributed by atoms with E-state index < -0.39 is 0 Å². The molecule has 2 aromatic carbocycles. The number of aromatic nitrogens is 2. The summed E-state index contributed by atoms with van der Waals surface area (Å²) in [5.74, 6) is 0.875. The van der Waals surface area contributed by atoms with E-state index >= 15 is 0 Å². The van der Waals surface area contributed by atoms with Gasteiger partial charge in [0, 0.05) is 35.8 Å². The fourth-order valence-corrected chi connectivity index (χ4v) is 3.21. The van der Waals surface area contributed by atoms with Crippen LogP contribution in [0.3, 0.4) is 0 Å². The van der Waals surface area contributed by atoms with Crippen LogP contribution in [-0.4, -0.2) is 49.0 Å². The Labute approximate surface area is 172 Å². The Bertz CT molecular complexity index is 1170. The molecule has 8 heteroatoms. The summed E-state index contributed by atoms with van der Waals surface area (Å²) in [7, 11) is 3.13. The number of carbonyl (C=O) groups excluding carboxylic acids is 2. The van der Waals surface area contributed by atoms with Gasteiger partial charge in [-0.1, -0.05) is 24.3 Å². The molecule has 0 spiro atoms. The first-order valence-electron chi connectivity index (χ1n) is 9.23. The monoisotopic (exact) mass is 405 g/mol. The molecule has 0 fully saturated rings. The molecule has 1 heterocycles. The number of ketones is 2. The molecule has 8 nitrogen and oxygen atoms in total. The molecule has 4 rings (SSSR count). The number of fused-ring (bicyclic) bond motifs is 2. The van der Waals surface area contributed by atoms with Gasteiger partial charge in [-0.3, -0.25) is 9.59 Å². The average molecular weight is 405 g/mol. The largest absolute Gasteiger partial charge is 0.493 e. The number of hydrogen-bond acceptors (Lipinski definition) is 8. The predicted octanol–water partition coefficient (Wildman–Crippen LogP) is 3.04. The highest BCUT2D eigenvalue weighted by Crippen LogP contribution is 2.34. The van der Waals surface area contributed by atoms with E-state index in [1.807, 2.05) is 0 Å². The smallest absolute Gasteiger partial charge is 0.210 e. The van der Waals surface area contributed by atoms with Crippen LogP contribution >= 0.6 is 0 Å². The minimum atomic E-state index is -0.275. The molecule has 0 saturated carbocycles. The van der Waals surface area contributed by atoms with Crippen LogP contribution in [-0.2, 0) is 4.74 Å². The van der Waals surface area contributed by atoms with Gasteiger partial charge in [-0.05, 0) is 6.07 Å². The van der Waals surface area contributed by atoms with Gasteiger partial charge in [-0.15, -0.1) is 0 Å².